The van der Waals surface area contributed by atoms with Gasteiger partial charge in [0.2, 0.25) is 5.95 Å². The van der Waals surface area contributed by atoms with Gasteiger partial charge in [-0.3, -0.25) is 9.78 Å². The highest BCUT2D eigenvalue weighted by Crippen LogP contribution is 2.33. The second-order valence-electron chi connectivity index (χ2n) is 6.75. The number of anilines is 2. The lowest BCUT2D eigenvalue weighted by molar-refractivity contribution is 0.0820. The molecule has 3 heterocycles. The zero-order valence-electron chi connectivity index (χ0n) is 16.2. The fourth-order valence-electron chi connectivity index (χ4n) is 3.20. The number of para-hydroxylation sites is 1. The Hall–Kier alpha value is -3.45. The van der Waals surface area contributed by atoms with Crippen LogP contribution in [0.1, 0.15) is 10.5 Å². The maximum atomic E-state index is 12.9. The third-order valence-corrected chi connectivity index (χ3v) is 4.83. The highest BCUT2D eigenvalue weighted by molar-refractivity contribution is 6.30. The zero-order chi connectivity index (χ0) is 20.5. The molecule has 0 unspecified atom stereocenters. The summed E-state index contributed by atoms with van der Waals surface area (Å²) in [5, 5.41) is 4.74. The van der Waals surface area contributed by atoms with Crippen LogP contribution in [0.3, 0.4) is 0 Å². The fraction of sp³-hybridized carbons (Fsp3) is 0.143. The van der Waals surface area contributed by atoms with Crippen molar-refractivity contribution in [2.75, 3.05) is 19.4 Å². The molecular formula is C21H19ClN6O. The van der Waals surface area contributed by atoms with Crippen molar-refractivity contribution < 1.29 is 4.79 Å². The van der Waals surface area contributed by atoms with Crippen molar-refractivity contribution >= 4 is 40.0 Å². The maximum Gasteiger partial charge on any atom is 0.272 e. The average molecular weight is 407 g/mol. The van der Waals surface area contributed by atoms with Crippen LogP contribution in [0.4, 0.5) is 11.6 Å². The van der Waals surface area contributed by atoms with E-state index >= 15 is 0 Å². The van der Waals surface area contributed by atoms with E-state index in [-0.39, 0.29) is 5.91 Å². The molecule has 0 aliphatic rings. The molecule has 3 aromatic heterocycles. The number of amides is 1. The summed E-state index contributed by atoms with van der Waals surface area (Å²) in [5.74, 6) is 0.257. The summed E-state index contributed by atoms with van der Waals surface area (Å²) < 4.78 is 1.88. The maximum absolute atomic E-state index is 12.9. The zero-order valence-corrected chi connectivity index (χ0v) is 17.0. The van der Waals surface area contributed by atoms with Crippen LogP contribution in [0.5, 0.6) is 0 Å². The lowest BCUT2D eigenvalue weighted by Gasteiger charge is -2.14. The lowest BCUT2D eigenvalue weighted by Crippen LogP contribution is -2.24. The number of carbonyl (C=O) groups is 1. The van der Waals surface area contributed by atoms with E-state index < -0.39 is 0 Å². The van der Waals surface area contributed by atoms with Crippen LogP contribution in [-0.2, 0) is 7.05 Å². The molecule has 4 aromatic rings. The number of hydrogen-bond donors (Lipinski definition) is 1. The Bertz CT molecular complexity index is 1220. The van der Waals surface area contributed by atoms with E-state index in [0.717, 1.165) is 10.9 Å². The molecule has 7 nitrogen and oxygen atoms in total. The number of nitrogens with one attached hydrogen (secondary N) is 1. The fourth-order valence-corrected chi connectivity index (χ4v) is 3.36. The lowest BCUT2D eigenvalue weighted by atomic mass is 10.2. The van der Waals surface area contributed by atoms with Crippen molar-refractivity contribution in [3.8, 4) is 11.4 Å². The van der Waals surface area contributed by atoms with Crippen molar-refractivity contribution in [2.24, 2.45) is 7.05 Å². The van der Waals surface area contributed by atoms with Gasteiger partial charge < -0.3 is 14.8 Å². The summed E-state index contributed by atoms with van der Waals surface area (Å²) in [4.78, 5) is 27.6. The Morgan fingerprint density at radius 3 is 2.59 bits per heavy atom. The second kappa shape index (κ2) is 7.52. The van der Waals surface area contributed by atoms with Crippen LogP contribution in [0, 0.1) is 0 Å². The van der Waals surface area contributed by atoms with Crippen molar-refractivity contribution in [1.29, 1.82) is 0 Å². The molecule has 1 N–H and O–H groups in total. The van der Waals surface area contributed by atoms with Gasteiger partial charge in [0.25, 0.3) is 5.91 Å². The number of carbonyl (C=O) groups excluding carboxylic acids is 1. The third kappa shape index (κ3) is 3.52. The minimum atomic E-state index is -0.112. The van der Waals surface area contributed by atoms with Gasteiger partial charge in [-0.05, 0) is 24.3 Å². The molecule has 1 aromatic carbocycles. The first kappa shape index (κ1) is 18.9. The summed E-state index contributed by atoms with van der Waals surface area (Å²) in [6.45, 7) is 0. The highest BCUT2D eigenvalue weighted by Gasteiger charge is 2.23. The van der Waals surface area contributed by atoms with Crippen molar-refractivity contribution in [3.05, 3.63) is 65.6 Å². The number of nitrogens with zero attached hydrogens (tertiary/aromatic N) is 5. The van der Waals surface area contributed by atoms with Gasteiger partial charge in [0.1, 0.15) is 5.69 Å². The van der Waals surface area contributed by atoms with Gasteiger partial charge in [-0.2, -0.15) is 0 Å². The normalized spacial score (nSPS) is 10.9. The molecule has 0 bridgehead atoms. The van der Waals surface area contributed by atoms with Gasteiger partial charge in [-0.15, -0.1) is 0 Å². The Balaban J connectivity index is 1.82. The van der Waals surface area contributed by atoms with Crippen molar-refractivity contribution in [2.45, 2.75) is 0 Å². The molecule has 29 heavy (non-hydrogen) atoms. The Kier molecular flexibility index (Phi) is 4.90. The van der Waals surface area contributed by atoms with E-state index in [1.165, 1.54) is 0 Å². The Morgan fingerprint density at radius 1 is 1.07 bits per heavy atom. The smallest absolute Gasteiger partial charge is 0.272 e. The molecule has 146 valence electrons. The van der Waals surface area contributed by atoms with Gasteiger partial charge in [0.15, 0.2) is 0 Å². The largest absolute Gasteiger partial charge is 0.343 e. The van der Waals surface area contributed by atoms with Crippen LogP contribution in [0.25, 0.3) is 22.3 Å². The quantitative estimate of drug-likeness (QED) is 0.551. The minimum absolute atomic E-state index is 0.112. The van der Waals surface area contributed by atoms with Crippen molar-refractivity contribution in [3.63, 3.8) is 0 Å². The van der Waals surface area contributed by atoms with Crippen LogP contribution in [0.2, 0.25) is 5.02 Å². The average Bonchev–Trinajstić information content (AvgIpc) is 2.99. The predicted octanol–water partition coefficient (Wildman–Crippen LogP) is 4.13. The molecule has 0 radical (unpaired) electrons. The minimum Gasteiger partial charge on any atom is -0.343 e. The van der Waals surface area contributed by atoms with E-state index in [9.17, 15) is 4.79 Å². The Labute approximate surface area is 173 Å². The van der Waals surface area contributed by atoms with E-state index in [1.54, 1.807) is 49.6 Å². The number of aromatic nitrogens is 4. The first-order valence-corrected chi connectivity index (χ1v) is 9.34. The van der Waals surface area contributed by atoms with Gasteiger partial charge in [-0.25, -0.2) is 9.97 Å². The van der Waals surface area contributed by atoms with Crippen LogP contribution < -0.4 is 5.32 Å². The molecule has 0 spiro atoms. The van der Waals surface area contributed by atoms with E-state index in [4.69, 9.17) is 11.6 Å². The number of benzene rings is 1. The van der Waals surface area contributed by atoms with Crippen molar-refractivity contribution in [1.82, 2.24) is 24.4 Å². The van der Waals surface area contributed by atoms with Gasteiger partial charge in [0, 0.05) is 43.9 Å². The first-order valence-electron chi connectivity index (χ1n) is 8.97. The molecule has 4 rings (SSSR count). The molecule has 0 saturated carbocycles. The number of fused-ring (bicyclic) bond motifs is 1. The molecule has 0 atom stereocenters. The monoisotopic (exact) mass is 406 g/mol. The van der Waals surface area contributed by atoms with Gasteiger partial charge >= 0.3 is 0 Å². The summed E-state index contributed by atoms with van der Waals surface area (Å²) in [5.41, 5.74) is 3.41. The molecular weight excluding hydrogens is 388 g/mol. The number of hydrogen-bond acceptors (Lipinski definition) is 5. The number of rotatable bonds is 4. The first-order chi connectivity index (χ1) is 14.0. The van der Waals surface area contributed by atoms with E-state index in [2.05, 4.69) is 20.3 Å². The summed E-state index contributed by atoms with van der Waals surface area (Å²) in [6.07, 6.45) is 3.28. The van der Waals surface area contributed by atoms with Crippen LogP contribution in [-0.4, -0.2) is 44.4 Å². The SMILES string of the molecule is CN(C)C(=O)c1c(Nc2nccc(-c3cc(Cl)ccn3)n2)c2ccccc2n1C. The molecule has 8 heteroatoms. The van der Waals surface area contributed by atoms with Crippen LogP contribution >= 0.6 is 11.6 Å². The second-order valence-corrected chi connectivity index (χ2v) is 7.19. The van der Waals surface area contributed by atoms with Gasteiger partial charge in [0.05, 0.1) is 22.6 Å². The molecule has 0 saturated heterocycles. The van der Waals surface area contributed by atoms with E-state index in [0.29, 0.717) is 33.7 Å². The predicted molar refractivity (Wildman–Crippen MR) is 114 cm³/mol. The number of pyridine rings is 1. The standard InChI is InChI=1S/C21H19ClN6O/c1-27(2)20(29)19-18(14-6-4-5-7-17(14)28(19)3)26-21-24-11-9-15(25-21)16-12-13(22)8-10-23-16/h4-12H,1-3H3,(H,24,25,26). The molecule has 0 aliphatic carbocycles. The Morgan fingerprint density at radius 2 is 1.83 bits per heavy atom. The molecule has 1 amide bonds. The molecule has 0 aliphatic heterocycles. The van der Waals surface area contributed by atoms with Gasteiger partial charge in [-0.1, -0.05) is 29.8 Å². The molecule has 0 fully saturated rings. The number of halogens is 1. The summed E-state index contributed by atoms with van der Waals surface area (Å²) in [6, 6.07) is 13.0. The van der Waals surface area contributed by atoms with Crippen LogP contribution in [0.15, 0.2) is 54.9 Å². The highest BCUT2D eigenvalue weighted by atomic mass is 35.5. The summed E-state index contributed by atoms with van der Waals surface area (Å²) in [7, 11) is 5.33. The summed E-state index contributed by atoms with van der Waals surface area (Å²) >= 11 is 6.07. The van der Waals surface area contributed by atoms with E-state index in [1.807, 2.05) is 35.9 Å². The topological polar surface area (TPSA) is 75.9 Å². The number of aryl methyl sites for hydroxylation is 1. The third-order valence-electron chi connectivity index (χ3n) is 4.59.